The van der Waals surface area contributed by atoms with Crippen LogP contribution in [-0.2, 0) is 20.9 Å². The van der Waals surface area contributed by atoms with Gasteiger partial charge < -0.3 is 19.7 Å². The summed E-state index contributed by atoms with van der Waals surface area (Å²) in [6.45, 7) is 3.70. The van der Waals surface area contributed by atoms with Crippen molar-refractivity contribution in [3.05, 3.63) is 64.1 Å². The van der Waals surface area contributed by atoms with E-state index >= 15 is 0 Å². The number of rotatable bonds is 7. The van der Waals surface area contributed by atoms with E-state index in [1.807, 2.05) is 25.1 Å². The van der Waals surface area contributed by atoms with E-state index in [1.165, 1.54) is 4.90 Å². The highest BCUT2D eigenvalue weighted by Crippen LogP contribution is 2.33. The number of carbonyl (C=O) groups is 3. The molecule has 2 aromatic carbocycles. The molecule has 33 heavy (non-hydrogen) atoms. The van der Waals surface area contributed by atoms with E-state index in [4.69, 9.17) is 9.47 Å². The Bertz CT molecular complexity index is 1180. The van der Waals surface area contributed by atoms with Crippen LogP contribution in [-0.4, -0.2) is 40.6 Å². The standard InChI is InChI=1S/C23H22N4O5S/c1-14-7-9-16(10-8-14)24-21(29)22-26-25-19(33-22)13-31-20(28)11-12-27-17-5-3-4-6-18(17)32-15(2)23(27)30/h3-10,15H,11-13H2,1-2H3,(H,24,29)/t15-/m0/s1. The highest BCUT2D eigenvalue weighted by Gasteiger charge is 2.31. The lowest BCUT2D eigenvalue weighted by molar-refractivity contribution is -0.144. The first-order valence-electron chi connectivity index (χ1n) is 10.3. The lowest BCUT2D eigenvalue weighted by Gasteiger charge is -2.32. The van der Waals surface area contributed by atoms with Gasteiger partial charge in [-0.25, -0.2) is 0 Å². The van der Waals surface area contributed by atoms with Crippen molar-refractivity contribution in [2.24, 2.45) is 0 Å². The first kappa shape index (κ1) is 22.4. The van der Waals surface area contributed by atoms with Gasteiger partial charge in [-0.2, -0.15) is 0 Å². The fraction of sp³-hybridized carbons (Fsp3) is 0.261. The molecule has 0 saturated heterocycles. The lowest BCUT2D eigenvalue weighted by Crippen LogP contribution is -2.45. The minimum absolute atomic E-state index is 0.00631. The monoisotopic (exact) mass is 466 g/mol. The number of anilines is 2. The van der Waals surface area contributed by atoms with Crippen molar-refractivity contribution in [2.75, 3.05) is 16.8 Å². The van der Waals surface area contributed by atoms with Crippen LogP contribution in [0, 0.1) is 6.92 Å². The average molecular weight is 467 g/mol. The molecule has 1 aromatic heterocycles. The molecular weight excluding hydrogens is 444 g/mol. The largest absolute Gasteiger partial charge is 0.479 e. The zero-order chi connectivity index (χ0) is 23.4. The van der Waals surface area contributed by atoms with Gasteiger partial charge in [0.2, 0.25) is 5.01 Å². The quantitative estimate of drug-likeness (QED) is 0.532. The Hall–Kier alpha value is -3.79. The van der Waals surface area contributed by atoms with Gasteiger partial charge in [0, 0.05) is 12.2 Å². The van der Waals surface area contributed by atoms with E-state index < -0.39 is 12.1 Å². The van der Waals surface area contributed by atoms with Crippen LogP contribution in [0.2, 0.25) is 0 Å². The number of amides is 2. The third-order valence-corrected chi connectivity index (χ3v) is 5.84. The minimum atomic E-state index is -0.623. The summed E-state index contributed by atoms with van der Waals surface area (Å²) >= 11 is 1.05. The Morgan fingerprint density at radius 1 is 1.15 bits per heavy atom. The van der Waals surface area contributed by atoms with Gasteiger partial charge in [-0.1, -0.05) is 41.2 Å². The fourth-order valence-corrected chi connectivity index (χ4v) is 3.88. The number of benzene rings is 2. The molecule has 10 heteroatoms. The maximum Gasteiger partial charge on any atom is 0.308 e. The summed E-state index contributed by atoms with van der Waals surface area (Å²) in [7, 11) is 0. The molecule has 2 amide bonds. The Balaban J connectivity index is 1.28. The number of aromatic nitrogens is 2. The van der Waals surface area contributed by atoms with Crippen LogP contribution in [0.1, 0.15) is 33.7 Å². The average Bonchev–Trinajstić information content (AvgIpc) is 3.29. The summed E-state index contributed by atoms with van der Waals surface area (Å²) in [6, 6.07) is 14.6. The normalized spacial score (nSPS) is 14.9. The Morgan fingerprint density at radius 2 is 1.91 bits per heavy atom. The van der Waals surface area contributed by atoms with E-state index in [1.54, 1.807) is 37.3 Å². The first-order valence-corrected chi connectivity index (χ1v) is 11.2. The van der Waals surface area contributed by atoms with Crippen LogP contribution in [0.3, 0.4) is 0 Å². The molecule has 1 N–H and O–H groups in total. The van der Waals surface area contributed by atoms with Crippen molar-refractivity contribution in [2.45, 2.75) is 33.0 Å². The van der Waals surface area contributed by atoms with E-state index in [9.17, 15) is 14.4 Å². The van der Waals surface area contributed by atoms with Crippen molar-refractivity contribution in [3.8, 4) is 5.75 Å². The van der Waals surface area contributed by atoms with E-state index in [-0.39, 0.29) is 36.4 Å². The van der Waals surface area contributed by atoms with E-state index in [2.05, 4.69) is 15.5 Å². The van der Waals surface area contributed by atoms with Crippen molar-refractivity contribution >= 4 is 40.5 Å². The molecule has 0 radical (unpaired) electrons. The molecule has 0 bridgehead atoms. The fourth-order valence-electron chi connectivity index (χ4n) is 3.23. The molecule has 4 rings (SSSR count). The molecule has 170 valence electrons. The van der Waals surface area contributed by atoms with E-state index in [0.29, 0.717) is 22.1 Å². The molecule has 1 aliphatic rings. The van der Waals surface area contributed by atoms with Crippen LogP contribution in [0.4, 0.5) is 11.4 Å². The number of esters is 1. The second kappa shape index (κ2) is 9.78. The number of hydrogen-bond acceptors (Lipinski definition) is 8. The van der Waals surface area contributed by atoms with Gasteiger partial charge in [-0.05, 0) is 38.1 Å². The number of aryl methyl sites for hydroxylation is 1. The zero-order valence-corrected chi connectivity index (χ0v) is 18.9. The van der Waals surface area contributed by atoms with E-state index in [0.717, 1.165) is 16.9 Å². The Kier molecular flexibility index (Phi) is 6.64. The van der Waals surface area contributed by atoms with Crippen molar-refractivity contribution < 1.29 is 23.9 Å². The Morgan fingerprint density at radius 3 is 2.70 bits per heavy atom. The van der Waals surface area contributed by atoms with Crippen molar-refractivity contribution in [1.82, 2.24) is 10.2 Å². The molecule has 0 aliphatic carbocycles. The van der Waals surface area contributed by atoms with Gasteiger partial charge in [0.25, 0.3) is 11.8 Å². The van der Waals surface area contributed by atoms with Crippen LogP contribution < -0.4 is 15.0 Å². The predicted molar refractivity (Wildman–Crippen MR) is 122 cm³/mol. The number of nitrogens with one attached hydrogen (secondary N) is 1. The van der Waals surface area contributed by atoms with Gasteiger partial charge in [-0.3, -0.25) is 14.4 Å². The topological polar surface area (TPSA) is 111 Å². The number of nitrogens with zero attached hydrogens (tertiary/aromatic N) is 3. The molecule has 9 nitrogen and oxygen atoms in total. The maximum absolute atomic E-state index is 12.5. The highest BCUT2D eigenvalue weighted by atomic mass is 32.1. The van der Waals surface area contributed by atoms with Gasteiger partial charge in [0.05, 0.1) is 12.1 Å². The molecule has 1 aliphatic heterocycles. The molecule has 1 atom stereocenters. The van der Waals surface area contributed by atoms with Crippen LogP contribution in [0.15, 0.2) is 48.5 Å². The second-order valence-electron chi connectivity index (χ2n) is 7.45. The minimum Gasteiger partial charge on any atom is -0.479 e. The van der Waals surface area contributed by atoms with Gasteiger partial charge in [0.15, 0.2) is 11.1 Å². The molecule has 0 fully saturated rings. The van der Waals surface area contributed by atoms with Gasteiger partial charge in [-0.15, -0.1) is 10.2 Å². The second-order valence-corrected chi connectivity index (χ2v) is 8.51. The van der Waals surface area contributed by atoms with Crippen LogP contribution >= 0.6 is 11.3 Å². The summed E-state index contributed by atoms with van der Waals surface area (Å²) in [5.74, 6) is -0.481. The molecule has 3 aromatic rings. The third kappa shape index (κ3) is 5.35. The highest BCUT2D eigenvalue weighted by molar-refractivity contribution is 7.13. The third-order valence-electron chi connectivity index (χ3n) is 4.94. The summed E-state index contributed by atoms with van der Waals surface area (Å²) in [5.41, 5.74) is 2.37. The molecule has 0 unspecified atom stereocenters. The lowest BCUT2D eigenvalue weighted by atomic mass is 10.2. The van der Waals surface area contributed by atoms with Gasteiger partial charge >= 0.3 is 5.97 Å². The van der Waals surface area contributed by atoms with Crippen LogP contribution in [0.5, 0.6) is 5.75 Å². The van der Waals surface area contributed by atoms with Crippen molar-refractivity contribution in [1.29, 1.82) is 0 Å². The van der Waals surface area contributed by atoms with Crippen LogP contribution in [0.25, 0.3) is 0 Å². The number of ether oxygens (including phenoxy) is 2. The molecule has 2 heterocycles. The number of hydrogen-bond donors (Lipinski definition) is 1. The molecular formula is C23H22N4O5S. The predicted octanol–water partition coefficient (Wildman–Crippen LogP) is 3.35. The number of carbonyl (C=O) groups excluding carboxylic acids is 3. The molecule has 0 saturated carbocycles. The van der Waals surface area contributed by atoms with Crippen molar-refractivity contribution in [3.63, 3.8) is 0 Å². The number of para-hydroxylation sites is 2. The first-order chi connectivity index (χ1) is 15.9. The Labute approximate surface area is 194 Å². The SMILES string of the molecule is Cc1ccc(NC(=O)c2nnc(COC(=O)CCN3C(=O)[C@H](C)Oc4ccccc43)s2)cc1. The summed E-state index contributed by atoms with van der Waals surface area (Å²) in [4.78, 5) is 38.6. The summed E-state index contributed by atoms with van der Waals surface area (Å²) in [6.07, 6.45) is -0.617. The summed E-state index contributed by atoms with van der Waals surface area (Å²) < 4.78 is 10.9. The summed E-state index contributed by atoms with van der Waals surface area (Å²) in [5, 5.41) is 11.1. The zero-order valence-electron chi connectivity index (χ0n) is 18.1. The van der Waals surface area contributed by atoms with Gasteiger partial charge in [0.1, 0.15) is 12.4 Å². The smallest absolute Gasteiger partial charge is 0.308 e. The molecule has 0 spiro atoms. The number of fused-ring (bicyclic) bond motifs is 1. The maximum atomic E-state index is 12.5.